The zero-order chi connectivity index (χ0) is 18.3. The van der Waals surface area contributed by atoms with Crippen LogP contribution in [0.1, 0.15) is 67.2 Å². The molecule has 0 fully saturated rings. The van der Waals surface area contributed by atoms with Crippen LogP contribution in [0, 0.1) is 0 Å². The lowest BCUT2D eigenvalue weighted by Crippen LogP contribution is -2.38. The Balaban J connectivity index is 0. The number of nitrogens with zero attached hydrogens (tertiary/aromatic N) is 2. The third-order valence-electron chi connectivity index (χ3n) is 3.43. The molecule has 0 atom stereocenters. The lowest BCUT2D eigenvalue weighted by Gasteiger charge is -2.22. The fourth-order valence-corrected chi connectivity index (χ4v) is 2.36. The van der Waals surface area contributed by atoms with E-state index >= 15 is 0 Å². The standard InChI is InChI=1S/C15H26N2O2.2C2H6/c1-4-8-17(9-5-2)11-7-6-10-16(3)13-12-14(18)15(13)19;2*1-2/h12H,4-11H2,1-3H3;2*1-2H3. The van der Waals surface area contributed by atoms with Gasteiger partial charge in [0, 0.05) is 19.7 Å². The molecular weight excluding hydrogens is 288 g/mol. The van der Waals surface area contributed by atoms with Gasteiger partial charge in [0.1, 0.15) is 0 Å². The number of anilines is 1. The quantitative estimate of drug-likeness (QED) is 0.486. The van der Waals surface area contributed by atoms with Crippen molar-refractivity contribution in [2.75, 3.05) is 38.1 Å². The first-order chi connectivity index (χ1) is 11.1. The predicted octanol–water partition coefficient (Wildman–Crippen LogP) is 3.67. The molecular formula is C19H38N2O2. The van der Waals surface area contributed by atoms with Crippen molar-refractivity contribution in [3.63, 3.8) is 0 Å². The average molecular weight is 327 g/mol. The van der Waals surface area contributed by atoms with Crippen LogP contribution in [-0.2, 0) is 0 Å². The highest BCUT2D eigenvalue weighted by Gasteiger charge is 2.13. The molecule has 0 bridgehead atoms. The molecule has 1 rings (SSSR count). The lowest BCUT2D eigenvalue weighted by atomic mass is 10.2. The minimum Gasteiger partial charge on any atom is -0.371 e. The van der Waals surface area contributed by atoms with E-state index in [2.05, 4.69) is 18.7 Å². The van der Waals surface area contributed by atoms with Gasteiger partial charge in [-0.3, -0.25) is 9.59 Å². The van der Waals surface area contributed by atoms with Gasteiger partial charge in [0.25, 0.3) is 0 Å². The molecule has 0 saturated carbocycles. The molecule has 0 aromatic heterocycles. The normalized spacial score (nSPS) is 9.91. The summed E-state index contributed by atoms with van der Waals surface area (Å²) in [6.45, 7) is 16.7. The van der Waals surface area contributed by atoms with Crippen LogP contribution in [0.5, 0.6) is 0 Å². The fourth-order valence-electron chi connectivity index (χ4n) is 2.36. The highest BCUT2D eigenvalue weighted by Crippen LogP contribution is 2.06. The van der Waals surface area contributed by atoms with E-state index in [4.69, 9.17) is 0 Å². The van der Waals surface area contributed by atoms with Crippen molar-refractivity contribution < 1.29 is 0 Å². The summed E-state index contributed by atoms with van der Waals surface area (Å²) in [4.78, 5) is 26.5. The van der Waals surface area contributed by atoms with Gasteiger partial charge in [0.15, 0.2) is 0 Å². The Morgan fingerprint density at radius 3 is 1.70 bits per heavy atom. The summed E-state index contributed by atoms with van der Waals surface area (Å²) in [5, 5.41) is 0. The molecule has 0 heterocycles. The third-order valence-corrected chi connectivity index (χ3v) is 3.43. The van der Waals surface area contributed by atoms with Crippen LogP contribution in [0.4, 0.5) is 5.69 Å². The van der Waals surface area contributed by atoms with E-state index < -0.39 is 0 Å². The molecule has 1 aromatic carbocycles. The van der Waals surface area contributed by atoms with Crippen molar-refractivity contribution in [3.05, 3.63) is 26.5 Å². The van der Waals surface area contributed by atoms with Crippen LogP contribution in [0.2, 0.25) is 0 Å². The molecule has 0 N–H and O–H groups in total. The molecule has 0 amide bonds. The van der Waals surface area contributed by atoms with E-state index in [1.807, 2.05) is 39.6 Å². The summed E-state index contributed by atoms with van der Waals surface area (Å²) >= 11 is 0. The topological polar surface area (TPSA) is 40.6 Å². The first-order valence-corrected chi connectivity index (χ1v) is 9.34. The van der Waals surface area contributed by atoms with Crippen molar-refractivity contribution >= 4 is 5.69 Å². The Bertz CT molecular complexity index is 430. The van der Waals surface area contributed by atoms with E-state index in [-0.39, 0.29) is 10.9 Å². The summed E-state index contributed by atoms with van der Waals surface area (Å²) in [5.74, 6) is 0. The molecule has 0 spiro atoms. The number of hydrogen-bond donors (Lipinski definition) is 0. The molecule has 0 aliphatic carbocycles. The van der Waals surface area contributed by atoms with Crippen molar-refractivity contribution in [1.82, 2.24) is 4.90 Å². The van der Waals surface area contributed by atoms with Crippen molar-refractivity contribution in [3.8, 4) is 0 Å². The van der Waals surface area contributed by atoms with E-state index in [1.165, 1.54) is 32.0 Å². The van der Waals surface area contributed by atoms with Crippen molar-refractivity contribution in [2.24, 2.45) is 0 Å². The Morgan fingerprint density at radius 2 is 1.30 bits per heavy atom. The van der Waals surface area contributed by atoms with Crippen LogP contribution in [-0.4, -0.2) is 38.1 Å². The maximum atomic E-state index is 11.2. The van der Waals surface area contributed by atoms with Gasteiger partial charge in [-0.1, -0.05) is 41.5 Å². The summed E-state index contributed by atoms with van der Waals surface area (Å²) in [5.41, 5.74) is -0.121. The molecule has 0 unspecified atom stereocenters. The molecule has 4 nitrogen and oxygen atoms in total. The second kappa shape index (κ2) is 15.7. The summed E-state index contributed by atoms with van der Waals surface area (Å²) in [6.07, 6.45) is 4.59. The van der Waals surface area contributed by atoms with Gasteiger partial charge in [-0.05, 0) is 45.3 Å². The van der Waals surface area contributed by atoms with Crippen LogP contribution >= 0.6 is 0 Å². The Morgan fingerprint density at radius 1 is 0.826 bits per heavy atom. The second-order valence-corrected chi connectivity index (χ2v) is 5.19. The van der Waals surface area contributed by atoms with Gasteiger partial charge in [-0.15, -0.1) is 0 Å². The first-order valence-electron chi connectivity index (χ1n) is 9.34. The molecule has 1 aromatic rings. The maximum absolute atomic E-state index is 11.2. The zero-order valence-electron chi connectivity index (χ0n) is 16.4. The predicted molar refractivity (Wildman–Crippen MR) is 104 cm³/mol. The highest BCUT2D eigenvalue weighted by molar-refractivity contribution is 5.49. The second-order valence-electron chi connectivity index (χ2n) is 5.19. The van der Waals surface area contributed by atoms with Crippen LogP contribution in [0.3, 0.4) is 0 Å². The van der Waals surface area contributed by atoms with Gasteiger partial charge in [-0.25, -0.2) is 0 Å². The highest BCUT2D eigenvalue weighted by atomic mass is 16.2. The number of hydrogen-bond acceptors (Lipinski definition) is 4. The van der Waals surface area contributed by atoms with Gasteiger partial charge >= 0.3 is 0 Å². The zero-order valence-corrected chi connectivity index (χ0v) is 16.4. The molecule has 0 saturated heterocycles. The fraction of sp³-hybridized carbons (Fsp3) is 0.789. The largest absolute Gasteiger partial charge is 0.371 e. The van der Waals surface area contributed by atoms with E-state index in [0.717, 1.165) is 25.9 Å². The van der Waals surface area contributed by atoms with Crippen molar-refractivity contribution in [1.29, 1.82) is 0 Å². The van der Waals surface area contributed by atoms with Gasteiger partial charge in [0.05, 0.1) is 5.69 Å². The van der Waals surface area contributed by atoms with Gasteiger partial charge in [0.2, 0.25) is 10.9 Å². The Labute approximate surface area is 143 Å². The van der Waals surface area contributed by atoms with Crippen LogP contribution in [0.15, 0.2) is 15.7 Å². The lowest BCUT2D eigenvalue weighted by molar-refractivity contribution is 0.269. The monoisotopic (exact) mass is 326 g/mol. The molecule has 23 heavy (non-hydrogen) atoms. The van der Waals surface area contributed by atoms with E-state index in [0.29, 0.717) is 5.69 Å². The molecule has 0 aliphatic rings. The summed E-state index contributed by atoms with van der Waals surface area (Å²) < 4.78 is 0. The Hall–Kier alpha value is -1.16. The Kier molecular flexibility index (Phi) is 16.5. The number of rotatable bonds is 10. The van der Waals surface area contributed by atoms with E-state index in [1.54, 1.807) is 0 Å². The van der Waals surface area contributed by atoms with Crippen LogP contribution < -0.4 is 15.8 Å². The minimum atomic E-state index is -0.362. The molecule has 4 heteroatoms. The molecule has 0 radical (unpaired) electrons. The third kappa shape index (κ3) is 9.54. The average Bonchev–Trinajstić information content (AvgIpc) is 2.59. The van der Waals surface area contributed by atoms with Gasteiger partial charge in [-0.2, -0.15) is 0 Å². The maximum Gasteiger partial charge on any atom is 0.249 e. The van der Waals surface area contributed by atoms with Crippen molar-refractivity contribution in [2.45, 2.75) is 67.2 Å². The van der Waals surface area contributed by atoms with Gasteiger partial charge < -0.3 is 9.80 Å². The van der Waals surface area contributed by atoms with Crippen LogP contribution in [0.25, 0.3) is 0 Å². The summed E-state index contributed by atoms with van der Waals surface area (Å²) in [7, 11) is 1.88. The minimum absolute atomic E-state index is 0.332. The smallest absolute Gasteiger partial charge is 0.249 e. The summed E-state index contributed by atoms with van der Waals surface area (Å²) in [6, 6.07) is 1.43. The SMILES string of the molecule is CC.CC.CCCN(CCC)CCCCN(C)c1cc(=O)c1=O. The molecule has 0 aliphatic heterocycles. The number of unbranched alkanes of at least 4 members (excludes halogenated alkanes) is 1. The molecule has 136 valence electrons. The first kappa shape index (κ1) is 24.1. The van der Waals surface area contributed by atoms with E-state index in [9.17, 15) is 9.59 Å².